The Morgan fingerprint density at radius 1 is 0.909 bits per heavy atom. The molecule has 8 heteroatoms. The summed E-state index contributed by atoms with van der Waals surface area (Å²) in [6.45, 7) is 6.06. The number of rotatable bonds is 9. The maximum Gasteiger partial charge on any atom is 0.261 e. The Kier molecular flexibility index (Phi) is 8.16. The van der Waals surface area contributed by atoms with Gasteiger partial charge in [0.25, 0.3) is 8.32 Å². The quantitative estimate of drug-likeness (QED) is 0.438. The molecule has 0 aliphatic heterocycles. The van der Waals surface area contributed by atoms with Crippen LogP contribution in [-0.2, 0) is 14.4 Å². The molecule has 33 heavy (non-hydrogen) atoms. The molecule has 0 amide bonds. The average molecular weight is 504 g/mol. The molecule has 5 nitrogen and oxygen atoms in total. The molecule has 1 atom stereocenters. The normalized spacial score (nSPS) is 13.6. The minimum atomic E-state index is -3.85. The molecule has 0 spiro atoms. The smallest absolute Gasteiger partial charge is 0.261 e. The summed E-state index contributed by atoms with van der Waals surface area (Å²) < 4.78 is 35.1. The van der Waals surface area contributed by atoms with Gasteiger partial charge in [-0.15, -0.1) is 0 Å². The van der Waals surface area contributed by atoms with Crippen molar-refractivity contribution in [3.05, 3.63) is 90.0 Å². The number of nitrogens with one attached hydrogen (secondary N) is 1. The van der Waals surface area contributed by atoms with Crippen LogP contribution in [0.25, 0.3) is 0 Å². The lowest BCUT2D eigenvalue weighted by Crippen LogP contribution is -2.67. The Morgan fingerprint density at radius 3 is 1.82 bits per heavy atom. The minimum Gasteiger partial charge on any atom is -0.406 e. The molecule has 0 saturated heterocycles. The van der Waals surface area contributed by atoms with Crippen LogP contribution in [0.5, 0.6) is 0 Å². The second kappa shape index (κ2) is 10.5. The van der Waals surface area contributed by atoms with Gasteiger partial charge in [0.15, 0.2) is 0 Å². The van der Waals surface area contributed by atoms with Crippen molar-refractivity contribution >= 4 is 40.3 Å². The SMILES string of the molecule is CC(C)(C)[Si](OCC(CO)NS(=O)(=O)c1ccc(Cl)cc1)(c1ccccc1)c1ccccc1. The molecular formula is C25H30ClNO4SSi. The Balaban J connectivity index is 1.95. The average Bonchev–Trinajstić information content (AvgIpc) is 2.79. The lowest BCUT2D eigenvalue weighted by atomic mass is 10.2. The van der Waals surface area contributed by atoms with Crippen molar-refractivity contribution in [3.8, 4) is 0 Å². The largest absolute Gasteiger partial charge is 0.406 e. The predicted molar refractivity (Wildman–Crippen MR) is 136 cm³/mol. The lowest BCUT2D eigenvalue weighted by molar-refractivity contribution is 0.190. The Hall–Kier alpha value is -2.00. The second-order valence-corrected chi connectivity index (χ2v) is 15.4. The van der Waals surface area contributed by atoms with Gasteiger partial charge in [-0.25, -0.2) is 13.1 Å². The molecule has 3 rings (SSSR count). The van der Waals surface area contributed by atoms with Crippen LogP contribution >= 0.6 is 11.6 Å². The zero-order valence-electron chi connectivity index (χ0n) is 19.0. The summed E-state index contributed by atoms with van der Waals surface area (Å²) in [5, 5.41) is 12.4. The first-order chi connectivity index (χ1) is 15.6. The van der Waals surface area contributed by atoms with Crippen LogP contribution in [-0.4, -0.2) is 41.1 Å². The summed E-state index contributed by atoms with van der Waals surface area (Å²) in [7, 11) is -6.71. The maximum absolute atomic E-state index is 12.9. The van der Waals surface area contributed by atoms with Crippen LogP contribution in [0.4, 0.5) is 0 Å². The zero-order valence-corrected chi connectivity index (χ0v) is 21.6. The van der Waals surface area contributed by atoms with Gasteiger partial charge < -0.3 is 9.53 Å². The predicted octanol–water partition coefficient (Wildman–Crippen LogP) is 3.56. The van der Waals surface area contributed by atoms with Crippen molar-refractivity contribution in [3.63, 3.8) is 0 Å². The topological polar surface area (TPSA) is 75.6 Å². The van der Waals surface area contributed by atoms with Crippen molar-refractivity contribution in [1.82, 2.24) is 4.72 Å². The van der Waals surface area contributed by atoms with Crippen LogP contribution in [0.3, 0.4) is 0 Å². The molecule has 176 valence electrons. The van der Waals surface area contributed by atoms with Crippen LogP contribution < -0.4 is 15.1 Å². The monoisotopic (exact) mass is 503 g/mol. The van der Waals surface area contributed by atoms with E-state index in [2.05, 4.69) is 49.8 Å². The molecule has 0 aliphatic rings. The van der Waals surface area contributed by atoms with E-state index in [1.807, 2.05) is 36.4 Å². The number of hydrogen-bond acceptors (Lipinski definition) is 4. The summed E-state index contributed by atoms with van der Waals surface area (Å²) >= 11 is 5.88. The molecule has 1 unspecified atom stereocenters. The molecule has 2 N–H and O–H groups in total. The van der Waals surface area contributed by atoms with Gasteiger partial charge in [0.2, 0.25) is 10.0 Å². The maximum atomic E-state index is 12.9. The Bertz CT molecular complexity index is 1100. The van der Waals surface area contributed by atoms with E-state index in [-0.39, 0.29) is 16.5 Å². The molecule has 3 aromatic carbocycles. The van der Waals surface area contributed by atoms with Crippen LogP contribution in [0, 0.1) is 0 Å². The van der Waals surface area contributed by atoms with Gasteiger partial charge in [0.1, 0.15) is 0 Å². The summed E-state index contributed by atoms with van der Waals surface area (Å²) in [6.07, 6.45) is 0. The van der Waals surface area contributed by atoms with E-state index in [1.165, 1.54) is 24.3 Å². The van der Waals surface area contributed by atoms with Crippen molar-refractivity contribution in [1.29, 1.82) is 0 Å². The van der Waals surface area contributed by atoms with Crippen molar-refractivity contribution in [2.24, 2.45) is 0 Å². The highest BCUT2D eigenvalue weighted by atomic mass is 35.5. The van der Waals surface area contributed by atoms with E-state index in [1.54, 1.807) is 0 Å². The van der Waals surface area contributed by atoms with Gasteiger partial charge in [-0.2, -0.15) is 0 Å². The second-order valence-electron chi connectivity index (χ2n) is 8.93. The first-order valence-electron chi connectivity index (χ1n) is 10.7. The zero-order chi connectivity index (χ0) is 24.1. The highest BCUT2D eigenvalue weighted by molar-refractivity contribution is 7.89. The van der Waals surface area contributed by atoms with E-state index in [4.69, 9.17) is 16.0 Å². The van der Waals surface area contributed by atoms with Gasteiger partial charge in [0, 0.05) is 5.02 Å². The van der Waals surface area contributed by atoms with E-state index in [9.17, 15) is 13.5 Å². The molecule has 0 bridgehead atoms. The van der Waals surface area contributed by atoms with Crippen molar-refractivity contribution < 1.29 is 18.0 Å². The summed E-state index contributed by atoms with van der Waals surface area (Å²) in [4.78, 5) is 0.0794. The highest BCUT2D eigenvalue weighted by Gasteiger charge is 2.50. The fraction of sp³-hybridized carbons (Fsp3) is 0.280. The van der Waals surface area contributed by atoms with E-state index < -0.39 is 31.0 Å². The number of benzene rings is 3. The minimum absolute atomic E-state index is 0.0244. The fourth-order valence-electron chi connectivity index (χ4n) is 4.01. The van der Waals surface area contributed by atoms with E-state index >= 15 is 0 Å². The molecule has 3 aromatic rings. The Morgan fingerprint density at radius 2 is 1.39 bits per heavy atom. The lowest BCUT2D eigenvalue weighted by Gasteiger charge is -2.43. The molecule has 0 aromatic heterocycles. The third-order valence-electron chi connectivity index (χ3n) is 5.58. The van der Waals surface area contributed by atoms with Gasteiger partial charge in [0.05, 0.1) is 24.2 Å². The molecule has 0 radical (unpaired) electrons. The van der Waals surface area contributed by atoms with Gasteiger partial charge >= 0.3 is 0 Å². The van der Waals surface area contributed by atoms with Crippen LogP contribution in [0.2, 0.25) is 10.1 Å². The molecule has 0 saturated carbocycles. The molecule has 0 aliphatic carbocycles. The molecule has 0 heterocycles. The first-order valence-corrected chi connectivity index (χ1v) is 14.5. The standard InChI is InChI=1S/C25H30ClNO4SSi/c1-25(2,3)33(23-10-6-4-7-11-23,24-12-8-5-9-13-24)31-19-21(18-28)27-32(29,30)22-16-14-20(26)15-17-22/h4-17,21,27-28H,18-19H2,1-3H3. The Labute approximate surface area is 202 Å². The number of aliphatic hydroxyl groups is 1. The third kappa shape index (κ3) is 5.74. The first kappa shape index (κ1) is 25.6. The summed E-state index contributed by atoms with van der Waals surface area (Å²) in [5.74, 6) is 0. The molecular weight excluding hydrogens is 474 g/mol. The third-order valence-corrected chi connectivity index (χ3v) is 12.4. The summed E-state index contributed by atoms with van der Waals surface area (Å²) in [5.41, 5.74) is 0. The fourth-order valence-corrected chi connectivity index (χ4v) is 9.96. The van der Waals surface area contributed by atoms with E-state index in [0.29, 0.717) is 5.02 Å². The highest BCUT2D eigenvalue weighted by Crippen LogP contribution is 2.36. The van der Waals surface area contributed by atoms with Crippen molar-refractivity contribution in [2.45, 2.75) is 36.7 Å². The van der Waals surface area contributed by atoms with E-state index in [0.717, 1.165) is 10.4 Å². The number of hydrogen-bond donors (Lipinski definition) is 2. The van der Waals surface area contributed by atoms with Gasteiger partial charge in [-0.05, 0) is 39.7 Å². The van der Waals surface area contributed by atoms with Crippen LogP contribution in [0.1, 0.15) is 20.8 Å². The molecule has 0 fully saturated rings. The number of sulfonamides is 1. The van der Waals surface area contributed by atoms with Gasteiger partial charge in [-0.1, -0.05) is 93.0 Å². The number of aliphatic hydroxyl groups excluding tert-OH is 1. The van der Waals surface area contributed by atoms with Gasteiger partial charge in [-0.3, -0.25) is 0 Å². The van der Waals surface area contributed by atoms with Crippen LogP contribution in [0.15, 0.2) is 89.8 Å². The number of halogens is 1. The van der Waals surface area contributed by atoms with Crippen molar-refractivity contribution in [2.75, 3.05) is 13.2 Å². The summed E-state index contributed by atoms with van der Waals surface area (Å²) in [6, 6.07) is 25.2.